The highest BCUT2D eigenvalue weighted by atomic mass is 19.1. The average molecular weight is 326 g/mol. The van der Waals surface area contributed by atoms with Gasteiger partial charge in [0.25, 0.3) is 11.8 Å². The van der Waals surface area contributed by atoms with Crippen molar-refractivity contribution < 1.29 is 14.0 Å². The van der Waals surface area contributed by atoms with Crippen LogP contribution < -0.4 is 11.1 Å². The SMILES string of the molecule is NC(=O)c1cc(NC(=O)c2cccc(-n3cnnn3)c2)ccc1F. The zero-order valence-electron chi connectivity index (χ0n) is 12.2. The van der Waals surface area contributed by atoms with Crippen molar-refractivity contribution in [1.29, 1.82) is 0 Å². The third kappa shape index (κ3) is 3.09. The molecule has 120 valence electrons. The Morgan fingerprint density at radius 1 is 1.17 bits per heavy atom. The maximum absolute atomic E-state index is 13.5. The molecule has 0 aliphatic carbocycles. The van der Waals surface area contributed by atoms with Crippen molar-refractivity contribution in [3.63, 3.8) is 0 Å². The maximum Gasteiger partial charge on any atom is 0.255 e. The molecule has 0 aliphatic rings. The first kappa shape index (κ1) is 15.3. The van der Waals surface area contributed by atoms with Crippen LogP contribution in [0.2, 0.25) is 0 Å². The number of primary amides is 1. The van der Waals surface area contributed by atoms with Crippen LogP contribution in [0.1, 0.15) is 20.7 Å². The Balaban J connectivity index is 1.84. The van der Waals surface area contributed by atoms with E-state index >= 15 is 0 Å². The van der Waals surface area contributed by atoms with Gasteiger partial charge in [0.15, 0.2) is 0 Å². The van der Waals surface area contributed by atoms with E-state index in [2.05, 4.69) is 20.8 Å². The first-order valence-electron chi connectivity index (χ1n) is 6.79. The molecule has 1 heterocycles. The summed E-state index contributed by atoms with van der Waals surface area (Å²) in [5.41, 5.74) is 5.99. The average Bonchev–Trinajstić information content (AvgIpc) is 3.11. The van der Waals surface area contributed by atoms with Crippen molar-refractivity contribution in [1.82, 2.24) is 20.2 Å². The minimum Gasteiger partial charge on any atom is -0.366 e. The number of carbonyl (C=O) groups is 2. The van der Waals surface area contributed by atoms with E-state index in [9.17, 15) is 14.0 Å². The first-order chi connectivity index (χ1) is 11.5. The minimum atomic E-state index is -0.913. The fourth-order valence-electron chi connectivity index (χ4n) is 2.06. The molecule has 8 nitrogen and oxygen atoms in total. The predicted molar refractivity (Wildman–Crippen MR) is 82.0 cm³/mol. The third-order valence-corrected chi connectivity index (χ3v) is 3.21. The molecule has 0 atom stereocenters. The molecule has 0 radical (unpaired) electrons. The molecular weight excluding hydrogens is 315 g/mol. The molecular formula is C15H11FN6O2. The number of rotatable bonds is 4. The summed E-state index contributed by atoms with van der Waals surface area (Å²) in [4.78, 5) is 23.5. The Morgan fingerprint density at radius 2 is 2.00 bits per heavy atom. The van der Waals surface area contributed by atoms with Crippen molar-refractivity contribution >= 4 is 17.5 Å². The molecule has 0 unspecified atom stereocenters. The molecule has 3 N–H and O–H groups in total. The van der Waals surface area contributed by atoms with E-state index < -0.39 is 17.6 Å². The smallest absolute Gasteiger partial charge is 0.255 e. The van der Waals surface area contributed by atoms with Gasteiger partial charge < -0.3 is 11.1 Å². The fraction of sp³-hybridized carbons (Fsp3) is 0. The molecule has 3 aromatic rings. The number of nitrogens with one attached hydrogen (secondary N) is 1. The molecule has 24 heavy (non-hydrogen) atoms. The van der Waals surface area contributed by atoms with Gasteiger partial charge in [-0.3, -0.25) is 9.59 Å². The standard InChI is InChI=1S/C15H11FN6O2/c16-13-5-4-10(7-12(13)14(17)23)19-15(24)9-2-1-3-11(6-9)22-8-18-20-21-22/h1-8H,(H2,17,23)(H,19,24). The summed E-state index contributed by atoms with van der Waals surface area (Å²) in [5.74, 6) is -2.10. The number of amides is 2. The van der Waals surface area contributed by atoms with Crippen molar-refractivity contribution in [2.75, 3.05) is 5.32 Å². The third-order valence-electron chi connectivity index (χ3n) is 3.21. The largest absolute Gasteiger partial charge is 0.366 e. The van der Waals surface area contributed by atoms with Gasteiger partial charge >= 0.3 is 0 Å². The molecule has 3 rings (SSSR count). The van der Waals surface area contributed by atoms with Crippen molar-refractivity contribution in [2.24, 2.45) is 5.73 Å². The van der Waals surface area contributed by atoms with Gasteiger partial charge in [-0.25, -0.2) is 9.07 Å². The van der Waals surface area contributed by atoms with Gasteiger partial charge in [0.2, 0.25) is 0 Å². The van der Waals surface area contributed by atoms with Crippen LogP contribution in [-0.2, 0) is 0 Å². The number of nitrogens with zero attached hydrogens (tertiary/aromatic N) is 4. The van der Waals surface area contributed by atoms with Gasteiger partial charge in [-0.15, -0.1) is 5.10 Å². The monoisotopic (exact) mass is 326 g/mol. The van der Waals surface area contributed by atoms with Crippen LogP contribution >= 0.6 is 0 Å². The Morgan fingerprint density at radius 3 is 2.71 bits per heavy atom. The minimum absolute atomic E-state index is 0.253. The number of aromatic nitrogens is 4. The number of nitrogens with two attached hydrogens (primary N) is 1. The van der Waals surface area contributed by atoms with Crippen molar-refractivity contribution in [3.8, 4) is 5.69 Å². The second-order valence-corrected chi connectivity index (χ2v) is 4.82. The van der Waals surface area contributed by atoms with Crippen LogP contribution in [0.4, 0.5) is 10.1 Å². The van der Waals surface area contributed by atoms with E-state index in [1.54, 1.807) is 24.3 Å². The summed E-state index contributed by atoms with van der Waals surface area (Å²) in [6, 6.07) is 10.2. The molecule has 0 saturated carbocycles. The zero-order valence-corrected chi connectivity index (χ0v) is 12.2. The van der Waals surface area contributed by atoms with E-state index in [0.29, 0.717) is 11.3 Å². The van der Waals surface area contributed by atoms with E-state index in [1.165, 1.54) is 23.1 Å². The summed E-state index contributed by atoms with van der Waals surface area (Å²) in [7, 11) is 0. The lowest BCUT2D eigenvalue weighted by Gasteiger charge is -2.08. The number of hydrogen-bond donors (Lipinski definition) is 2. The molecule has 0 saturated heterocycles. The Kier molecular flexibility index (Phi) is 3.98. The molecule has 0 bridgehead atoms. The molecule has 0 fully saturated rings. The number of benzene rings is 2. The lowest BCUT2D eigenvalue weighted by atomic mass is 10.1. The Hall–Kier alpha value is -3.62. The number of hydrogen-bond acceptors (Lipinski definition) is 5. The summed E-state index contributed by atoms with van der Waals surface area (Å²) in [5, 5.41) is 13.4. The summed E-state index contributed by atoms with van der Waals surface area (Å²) in [6.07, 6.45) is 1.40. The number of halogens is 1. The van der Waals surface area contributed by atoms with Crippen molar-refractivity contribution in [2.45, 2.75) is 0 Å². The van der Waals surface area contributed by atoms with E-state index in [0.717, 1.165) is 6.07 Å². The van der Waals surface area contributed by atoms with Crippen LogP contribution in [-0.4, -0.2) is 32.0 Å². The second-order valence-electron chi connectivity index (χ2n) is 4.82. The molecule has 0 aliphatic heterocycles. The normalized spacial score (nSPS) is 10.4. The van der Waals surface area contributed by atoms with E-state index in [-0.39, 0.29) is 11.3 Å². The molecule has 9 heteroatoms. The predicted octanol–water partition coefficient (Wildman–Crippen LogP) is 1.15. The fourth-order valence-corrected chi connectivity index (χ4v) is 2.06. The van der Waals surface area contributed by atoms with Crippen LogP contribution in [0.5, 0.6) is 0 Å². The van der Waals surface area contributed by atoms with Gasteiger partial charge in [-0.1, -0.05) is 6.07 Å². The quantitative estimate of drug-likeness (QED) is 0.746. The van der Waals surface area contributed by atoms with Crippen LogP contribution in [0.25, 0.3) is 5.69 Å². The topological polar surface area (TPSA) is 116 Å². The number of carbonyl (C=O) groups excluding carboxylic acids is 2. The highest BCUT2D eigenvalue weighted by Gasteiger charge is 2.12. The van der Waals surface area contributed by atoms with Gasteiger partial charge in [-0.05, 0) is 46.8 Å². The molecule has 2 amide bonds. The van der Waals surface area contributed by atoms with Crippen LogP contribution in [0.15, 0.2) is 48.8 Å². The Labute approximate surface area is 135 Å². The van der Waals surface area contributed by atoms with Crippen LogP contribution in [0.3, 0.4) is 0 Å². The van der Waals surface area contributed by atoms with Crippen LogP contribution in [0, 0.1) is 5.82 Å². The summed E-state index contributed by atoms with van der Waals surface area (Å²) < 4.78 is 14.9. The summed E-state index contributed by atoms with van der Waals surface area (Å²) >= 11 is 0. The lowest BCUT2D eigenvalue weighted by molar-refractivity contribution is 0.0992. The van der Waals surface area contributed by atoms with Crippen molar-refractivity contribution in [3.05, 3.63) is 65.7 Å². The van der Waals surface area contributed by atoms with Gasteiger partial charge in [0.1, 0.15) is 12.1 Å². The van der Waals surface area contributed by atoms with E-state index in [4.69, 9.17) is 5.73 Å². The lowest BCUT2D eigenvalue weighted by Crippen LogP contribution is -2.16. The van der Waals surface area contributed by atoms with Gasteiger partial charge in [0, 0.05) is 11.3 Å². The summed E-state index contributed by atoms with van der Waals surface area (Å²) in [6.45, 7) is 0. The van der Waals surface area contributed by atoms with Gasteiger partial charge in [-0.2, -0.15) is 0 Å². The highest BCUT2D eigenvalue weighted by molar-refractivity contribution is 6.05. The van der Waals surface area contributed by atoms with Gasteiger partial charge in [0.05, 0.1) is 11.3 Å². The zero-order chi connectivity index (χ0) is 17.1. The molecule has 1 aromatic heterocycles. The first-order valence-corrected chi connectivity index (χ1v) is 6.79. The molecule has 2 aromatic carbocycles. The number of anilines is 1. The van der Waals surface area contributed by atoms with E-state index in [1.807, 2.05) is 0 Å². The highest BCUT2D eigenvalue weighted by Crippen LogP contribution is 2.16. The number of tetrazole rings is 1. The Bertz CT molecular complexity index is 910. The molecule has 0 spiro atoms. The second kappa shape index (κ2) is 6.24. The maximum atomic E-state index is 13.5.